The van der Waals surface area contributed by atoms with Gasteiger partial charge in [-0.3, -0.25) is 4.72 Å². The quantitative estimate of drug-likeness (QED) is 0.849. The lowest BCUT2D eigenvalue weighted by Crippen LogP contribution is -2.17. The highest BCUT2D eigenvalue weighted by Crippen LogP contribution is 2.33. The molecule has 0 bridgehead atoms. The molecule has 0 fully saturated rings. The molecule has 23 heavy (non-hydrogen) atoms. The molecule has 0 aliphatic heterocycles. The molecule has 0 saturated carbocycles. The van der Waals surface area contributed by atoms with Crippen LogP contribution in [0.15, 0.2) is 41.3 Å². The van der Waals surface area contributed by atoms with Gasteiger partial charge < -0.3 is 0 Å². The molecular formula is C13H7F6NO2S. The van der Waals surface area contributed by atoms with E-state index in [1.165, 1.54) is 4.72 Å². The lowest BCUT2D eigenvalue weighted by atomic mass is 10.2. The Morgan fingerprint density at radius 1 is 0.870 bits per heavy atom. The van der Waals surface area contributed by atoms with E-state index in [0.717, 1.165) is 18.2 Å². The molecule has 2 aromatic carbocycles. The summed E-state index contributed by atoms with van der Waals surface area (Å²) in [5, 5.41) is 0. The summed E-state index contributed by atoms with van der Waals surface area (Å²) < 4.78 is 103. The zero-order valence-corrected chi connectivity index (χ0v) is 11.8. The van der Waals surface area contributed by atoms with E-state index in [9.17, 15) is 34.8 Å². The average molecular weight is 355 g/mol. The van der Waals surface area contributed by atoms with E-state index in [2.05, 4.69) is 0 Å². The highest BCUT2D eigenvalue weighted by Gasteiger charge is 2.35. The largest absolute Gasteiger partial charge is 0.419 e. The van der Waals surface area contributed by atoms with Crippen molar-refractivity contribution < 1.29 is 34.8 Å². The monoisotopic (exact) mass is 355 g/mol. The van der Waals surface area contributed by atoms with E-state index < -0.39 is 49.8 Å². The average Bonchev–Trinajstić information content (AvgIpc) is 2.42. The van der Waals surface area contributed by atoms with Crippen LogP contribution in [0.25, 0.3) is 0 Å². The Bertz CT molecular complexity index is 828. The van der Waals surface area contributed by atoms with Gasteiger partial charge in [0, 0.05) is 0 Å². The molecule has 0 heterocycles. The molecule has 0 atom stereocenters. The number of alkyl halides is 3. The van der Waals surface area contributed by atoms with Crippen molar-refractivity contribution in [2.45, 2.75) is 11.1 Å². The van der Waals surface area contributed by atoms with Crippen molar-refractivity contribution in [1.82, 2.24) is 0 Å². The fourth-order valence-electron chi connectivity index (χ4n) is 1.68. The Morgan fingerprint density at radius 3 is 1.96 bits per heavy atom. The summed E-state index contributed by atoms with van der Waals surface area (Å²) in [5.74, 6) is -4.19. The van der Waals surface area contributed by atoms with Crippen LogP contribution in [0.5, 0.6) is 0 Å². The third-order valence-electron chi connectivity index (χ3n) is 2.75. The summed E-state index contributed by atoms with van der Waals surface area (Å²) in [7, 11) is -4.75. The number of anilines is 1. The van der Waals surface area contributed by atoms with Gasteiger partial charge in [-0.2, -0.15) is 13.2 Å². The molecule has 0 unspecified atom stereocenters. The molecule has 0 radical (unpaired) electrons. The van der Waals surface area contributed by atoms with Gasteiger partial charge in [-0.05, 0) is 30.3 Å². The van der Waals surface area contributed by atoms with Gasteiger partial charge >= 0.3 is 6.18 Å². The zero-order chi connectivity index (χ0) is 17.4. The van der Waals surface area contributed by atoms with Crippen molar-refractivity contribution in [3.05, 3.63) is 59.4 Å². The minimum absolute atomic E-state index is 0.0381. The van der Waals surface area contributed by atoms with E-state index in [-0.39, 0.29) is 6.07 Å². The standard InChI is InChI=1S/C13H7F6NO2S/c14-9-5-4-7(6-8(9)13(17,18)19)23(21,22)20-12-10(15)2-1-3-11(12)16/h1-6,20H. The van der Waals surface area contributed by atoms with Crippen molar-refractivity contribution in [3.63, 3.8) is 0 Å². The Balaban J connectivity index is 2.49. The van der Waals surface area contributed by atoms with Crippen LogP contribution in [0, 0.1) is 17.5 Å². The van der Waals surface area contributed by atoms with Crippen LogP contribution in [-0.2, 0) is 16.2 Å². The highest BCUT2D eigenvalue weighted by atomic mass is 32.2. The second kappa shape index (κ2) is 5.76. The lowest BCUT2D eigenvalue weighted by Gasteiger charge is -2.12. The normalized spacial score (nSPS) is 12.3. The third kappa shape index (κ3) is 3.58. The minimum Gasteiger partial charge on any atom is -0.274 e. The molecule has 2 rings (SSSR count). The number of rotatable bonds is 3. The first-order chi connectivity index (χ1) is 10.5. The van der Waals surface area contributed by atoms with Crippen molar-refractivity contribution in [2.24, 2.45) is 0 Å². The van der Waals surface area contributed by atoms with Crippen molar-refractivity contribution in [2.75, 3.05) is 4.72 Å². The fourth-order valence-corrected chi connectivity index (χ4v) is 2.78. The van der Waals surface area contributed by atoms with Crippen molar-refractivity contribution in [3.8, 4) is 0 Å². The van der Waals surface area contributed by atoms with E-state index >= 15 is 0 Å². The zero-order valence-electron chi connectivity index (χ0n) is 11.0. The van der Waals surface area contributed by atoms with Crippen LogP contribution in [0.3, 0.4) is 0 Å². The van der Waals surface area contributed by atoms with Gasteiger partial charge in [-0.1, -0.05) is 6.07 Å². The molecule has 10 heteroatoms. The number of hydrogen-bond acceptors (Lipinski definition) is 2. The molecule has 2 aromatic rings. The molecule has 124 valence electrons. The van der Waals surface area contributed by atoms with Crippen LogP contribution >= 0.6 is 0 Å². The van der Waals surface area contributed by atoms with E-state index in [1.54, 1.807) is 0 Å². The first-order valence-corrected chi connectivity index (χ1v) is 7.34. The number of benzene rings is 2. The van der Waals surface area contributed by atoms with E-state index in [1.807, 2.05) is 0 Å². The topological polar surface area (TPSA) is 46.2 Å². The number of nitrogens with one attached hydrogen (secondary N) is 1. The van der Waals surface area contributed by atoms with Crippen molar-refractivity contribution in [1.29, 1.82) is 0 Å². The van der Waals surface area contributed by atoms with Crippen LogP contribution in [0.4, 0.5) is 32.0 Å². The Kier molecular flexibility index (Phi) is 4.29. The van der Waals surface area contributed by atoms with Crippen LogP contribution in [-0.4, -0.2) is 8.42 Å². The van der Waals surface area contributed by atoms with Crippen LogP contribution in [0.2, 0.25) is 0 Å². The van der Waals surface area contributed by atoms with Gasteiger partial charge in [-0.15, -0.1) is 0 Å². The summed E-state index contributed by atoms with van der Waals surface area (Å²) in [5.41, 5.74) is -2.86. The molecular weight excluding hydrogens is 348 g/mol. The second-order valence-electron chi connectivity index (χ2n) is 4.34. The maximum absolute atomic E-state index is 13.4. The van der Waals surface area contributed by atoms with Gasteiger partial charge in [-0.25, -0.2) is 21.6 Å². The third-order valence-corrected chi connectivity index (χ3v) is 4.10. The summed E-state index contributed by atoms with van der Waals surface area (Å²) in [6, 6.07) is 3.37. The number of sulfonamides is 1. The molecule has 0 aromatic heterocycles. The van der Waals surface area contributed by atoms with Crippen LogP contribution in [0.1, 0.15) is 5.56 Å². The van der Waals surface area contributed by atoms with Gasteiger partial charge in [0.2, 0.25) is 0 Å². The number of hydrogen-bond donors (Lipinski definition) is 1. The Hall–Kier alpha value is -2.23. The fraction of sp³-hybridized carbons (Fsp3) is 0.0769. The molecule has 1 N–H and O–H groups in total. The van der Waals surface area contributed by atoms with E-state index in [0.29, 0.717) is 12.1 Å². The smallest absolute Gasteiger partial charge is 0.274 e. The Labute approximate surface area is 126 Å². The molecule has 0 aliphatic carbocycles. The van der Waals surface area contributed by atoms with Crippen molar-refractivity contribution >= 4 is 15.7 Å². The first kappa shape index (κ1) is 17.1. The maximum Gasteiger partial charge on any atom is 0.419 e. The molecule has 0 amide bonds. The molecule has 3 nitrogen and oxygen atoms in total. The Morgan fingerprint density at radius 2 is 1.43 bits per heavy atom. The van der Waals surface area contributed by atoms with Gasteiger partial charge in [0.15, 0.2) is 0 Å². The maximum atomic E-state index is 13.4. The van der Waals surface area contributed by atoms with Gasteiger partial charge in [0.1, 0.15) is 23.1 Å². The van der Waals surface area contributed by atoms with Gasteiger partial charge in [0.05, 0.1) is 10.5 Å². The molecule has 0 saturated heterocycles. The van der Waals surface area contributed by atoms with Gasteiger partial charge in [0.25, 0.3) is 10.0 Å². The predicted octanol–water partition coefficient (Wildman–Crippen LogP) is 3.92. The number of halogens is 6. The highest BCUT2D eigenvalue weighted by molar-refractivity contribution is 7.92. The summed E-state index contributed by atoms with van der Waals surface area (Å²) in [6.45, 7) is 0. The summed E-state index contributed by atoms with van der Waals surface area (Å²) in [6.07, 6.45) is -5.13. The lowest BCUT2D eigenvalue weighted by molar-refractivity contribution is -0.140. The second-order valence-corrected chi connectivity index (χ2v) is 6.02. The summed E-state index contributed by atoms with van der Waals surface area (Å²) in [4.78, 5) is -0.992. The predicted molar refractivity (Wildman–Crippen MR) is 68.6 cm³/mol. The SMILES string of the molecule is O=S(=O)(Nc1c(F)cccc1F)c1ccc(F)c(C(F)(F)F)c1. The molecule has 0 aliphatic rings. The minimum atomic E-state index is -5.13. The van der Waals surface area contributed by atoms with E-state index in [4.69, 9.17) is 0 Å². The summed E-state index contributed by atoms with van der Waals surface area (Å²) >= 11 is 0. The van der Waals surface area contributed by atoms with Crippen LogP contribution < -0.4 is 4.72 Å². The number of para-hydroxylation sites is 1. The first-order valence-electron chi connectivity index (χ1n) is 5.86. The molecule has 0 spiro atoms.